The Hall–Kier alpha value is -2.39. The summed E-state index contributed by atoms with van der Waals surface area (Å²) in [5, 5.41) is 0.917. The molecule has 0 saturated heterocycles. The molecular formula is C24H19BrCl2N2O4S. The summed E-state index contributed by atoms with van der Waals surface area (Å²) in [6.45, 7) is 3.65. The van der Waals surface area contributed by atoms with Crippen molar-refractivity contribution in [2.45, 2.75) is 19.9 Å². The number of hydrogen-bond acceptors (Lipinski definition) is 6. The third kappa shape index (κ3) is 4.47. The lowest BCUT2D eigenvalue weighted by atomic mass is 9.96. The van der Waals surface area contributed by atoms with E-state index >= 15 is 0 Å². The van der Waals surface area contributed by atoms with Crippen LogP contribution in [0.3, 0.4) is 0 Å². The highest BCUT2D eigenvalue weighted by Crippen LogP contribution is 2.35. The normalized spacial score (nSPS) is 15.7. The first-order valence-electron chi connectivity index (χ1n) is 10.2. The minimum Gasteiger partial charge on any atom is -0.495 e. The Labute approximate surface area is 217 Å². The summed E-state index contributed by atoms with van der Waals surface area (Å²) < 4.78 is 13.3. The average Bonchev–Trinajstić information content (AvgIpc) is 3.07. The van der Waals surface area contributed by atoms with Crippen LogP contribution >= 0.6 is 50.5 Å². The van der Waals surface area contributed by atoms with Gasteiger partial charge in [-0.25, -0.2) is 9.79 Å². The molecule has 176 valence electrons. The van der Waals surface area contributed by atoms with E-state index in [1.165, 1.54) is 15.9 Å². The van der Waals surface area contributed by atoms with Gasteiger partial charge in [0.1, 0.15) is 11.8 Å². The number of halogens is 3. The SMILES string of the molecule is CCOC(=O)C1=C(C)N=c2s/c(=C\c3cc(Cl)cc(Br)c3OC)c(=O)n2[C@H]1c1ccccc1Cl. The molecule has 0 unspecified atom stereocenters. The summed E-state index contributed by atoms with van der Waals surface area (Å²) in [6, 6.07) is 9.76. The van der Waals surface area contributed by atoms with Crippen molar-refractivity contribution < 1.29 is 14.3 Å². The van der Waals surface area contributed by atoms with E-state index in [0.717, 1.165) is 0 Å². The molecule has 2 aromatic carbocycles. The van der Waals surface area contributed by atoms with Gasteiger partial charge in [-0.2, -0.15) is 0 Å². The van der Waals surface area contributed by atoms with Crippen LogP contribution in [0.2, 0.25) is 10.0 Å². The van der Waals surface area contributed by atoms with Gasteiger partial charge < -0.3 is 9.47 Å². The topological polar surface area (TPSA) is 69.9 Å². The molecular weight excluding hydrogens is 563 g/mol. The van der Waals surface area contributed by atoms with E-state index in [1.54, 1.807) is 57.4 Å². The molecule has 0 spiro atoms. The van der Waals surface area contributed by atoms with E-state index in [9.17, 15) is 9.59 Å². The maximum atomic E-state index is 13.7. The summed E-state index contributed by atoms with van der Waals surface area (Å²) in [6.07, 6.45) is 1.70. The summed E-state index contributed by atoms with van der Waals surface area (Å²) >= 11 is 17.4. The summed E-state index contributed by atoms with van der Waals surface area (Å²) in [4.78, 5) is 31.7. The number of carbonyl (C=O) groups is 1. The number of thiazole rings is 1. The Bertz CT molecular complexity index is 1510. The van der Waals surface area contributed by atoms with Gasteiger partial charge >= 0.3 is 5.97 Å². The number of rotatable bonds is 5. The fourth-order valence-corrected chi connectivity index (χ4v) is 6.10. The zero-order valence-electron chi connectivity index (χ0n) is 18.4. The van der Waals surface area contributed by atoms with Crippen LogP contribution in [-0.2, 0) is 9.53 Å². The highest BCUT2D eigenvalue weighted by Gasteiger charge is 2.34. The second-order valence-corrected chi connectivity index (χ2v) is 10.0. The molecule has 1 atom stereocenters. The molecule has 0 saturated carbocycles. The van der Waals surface area contributed by atoms with Gasteiger partial charge in [0.15, 0.2) is 4.80 Å². The van der Waals surface area contributed by atoms with Crippen molar-refractivity contribution in [2.24, 2.45) is 4.99 Å². The summed E-state index contributed by atoms with van der Waals surface area (Å²) in [7, 11) is 1.54. The smallest absolute Gasteiger partial charge is 0.338 e. The van der Waals surface area contributed by atoms with Gasteiger partial charge in [-0.1, -0.05) is 52.7 Å². The molecule has 0 amide bonds. The van der Waals surface area contributed by atoms with Crippen molar-refractivity contribution in [3.8, 4) is 5.75 Å². The van der Waals surface area contributed by atoms with E-state index in [0.29, 0.717) is 46.4 Å². The van der Waals surface area contributed by atoms with Crippen LogP contribution in [0.25, 0.3) is 6.08 Å². The van der Waals surface area contributed by atoms with E-state index in [1.807, 2.05) is 6.07 Å². The number of allylic oxidation sites excluding steroid dienone is 1. The van der Waals surface area contributed by atoms with Crippen LogP contribution in [0.15, 0.2) is 61.9 Å². The molecule has 34 heavy (non-hydrogen) atoms. The number of ether oxygens (including phenoxy) is 2. The van der Waals surface area contributed by atoms with E-state index < -0.39 is 12.0 Å². The average molecular weight is 582 g/mol. The molecule has 0 N–H and O–H groups in total. The van der Waals surface area contributed by atoms with Crippen molar-refractivity contribution in [1.29, 1.82) is 0 Å². The minimum atomic E-state index is -0.779. The van der Waals surface area contributed by atoms with Crippen molar-refractivity contribution in [3.63, 3.8) is 0 Å². The third-order valence-corrected chi connectivity index (χ3v) is 7.38. The first kappa shape index (κ1) is 24.7. The first-order chi connectivity index (χ1) is 16.3. The molecule has 1 aliphatic heterocycles. The third-order valence-electron chi connectivity index (χ3n) is 5.24. The molecule has 4 rings (SSSR count). The number of benzene rings is 2. The van der Waals surface area contributed by atoms with Crippen LogP contribution in [0.4, 0.5) is 0 Å². The first-order valence-corrected chi connectivity index (χ1v) is 12.6. The summed E-state index contributed by atoms with van der Waals surface area (Å²) in [5.74, 6) is 0.00433. The number of aromatic nitrogens is 1. The zero-order chi connectivity index (χ0) is 24.6. The van der Waals surface area contributed by atoms with Crippen molar-refractivity contribution in [2.75, 3.05) is 13.7 Å². The number of carbonyl (C=O) groups excluding carboxylic acids is 1. The fourth-order valence-electron chi connectivity index (χ4n) is 3.83. The van der Waals surface area contributed by atoms with Gasteiger partial charge in [0, 0.05) is 15.6 Å². The highest BCUT2D eigenvalue weighted by molar-refractivity contribution is 9.10. The molecule has 0 aliphatic carbocycles. The predicted molar refractivity (Wildman–Crippen MR) is 138 cm³/mol. The van der Waals surface area contributed by atoms with Crippen molar-refractivity contribution in [3.05, 3.63) is 93.0 Å². The molecule has 6 nitrogen and oxygen atoms in total. The number of esters is 1. The van der Waals surface area contributed by atoms with Gasteiger partial charge in [-0.05, 0) is 59.6 Å². The molecule has 2 heterocycles. The zero-order valence-corrected chi connectivity index (χ0v) is 22.3. The van der Waals surface area contributed by atoms with Gasteiger partial charge in [-0.3, -0.25) is 9.36 Å². The maximum Gasteiger partial charge on any atom is 0.338 e. The van der Waals surface area contributed by atoms with Crippen molar-refractivity contribution >= 4 is 62.5 Å². The highest BCUT2D eigenvalue weighted by atomic mass is 79.9. The Kier molecular flexibility index (Phi) is 7.33. The lowest BCUT2D eigenvalue weighted by Crippen LogP contribution is -2.40. The number of nitrogens with zero attached hydrogens (tertiary/aromatic N) is 2. The van der Waals surface area contributed by atoms with E-state index in [-0.39, 0.29) is 17.7 Å². The van der Waals surface area contributed by atoms with Crippen LogP contribution in [0.1, 0.15) is 31.0 Å². The monoisotopic (exact) mass is 580 g/mol. The molecule has 1 aliphatic rings. The fraction of sp³-hybridized carbons (Fsp3) is 0.208. The lowest BCUT2D eigenvalue weighted by Gasteiger charge is -2.25. The Balaban J connectivity index is 2.01. The molecule has 3 aromatic rings. The quantitative estimate of drug-likeness (QED) is 0.403. The maximum absolute atomic E-state index is 13.7. The number of methoxy groups -OCH3 is 1. The van der Waals surface area contributed by atoms with Crippen LogP contribution in [0.5, 0.6) is 5.75 Å². The van der Waals surface area contributed by atoms with Crippen LogP contribution < -0.4 is 19.6 Å². The van der Waals surface area contributed by atoms with E-state index in [2.05, 4.69) is 20.9 Å². The van der Waals surface area contributed by atoms with Gasteiger partial charge in [0.05, 0.1) is 34.0 Å². The van der Waals surface area contributed by atoms with Gasteiger partial charge in [-0.15, -0.1) is 0 Å². The Morgan fingerprint density at radius 1 is 1.29 bits per heavy atom. The number of hydrogen-bond donors (Lipinski definition) is 0. The largest absolute Gasteiger partial charge is 0.495 e. The molecule has 0 radical (unpaired) electrons. The summed E-state index contributed by atoms with van der Waals surface area (Å²) in [5.41, 5.74) is 1.66. The number of fused-ring (bicyclic) bond motifs is 1. The molecule has 0 fully saturated rings. The van der Waals surface area contributed by atoms with Crippen LogP contribution in [-0.4, -0.2) is 24.3 Å². The standard InChI is InChI=1S/C24H19BrCl2N2O4S/c1-4-33-23(31)19-12(2)28-24-29(20(19)15-7-5-6-8-17(15)27)22(30)18(34-24)10-13-9-14(26)11-16(25)21(13)32-3/h5-11,20H,4H2,1-3H3/b18-10-/t20-/m0/s1. The Morgan fingerprint density at radius 3 is 2.71 bits per heavy atom. The molecule has 10 heteroatoms. The van der Waals surface area contributed by atoms with Crippen molar-refractivity contribution in [1.82, 2.24) is 4.57 Å². The minimum absolute atomic E-state index is 0.193. The molecule has 1 aromatic heterocycles. The van der Waals surface area contributed by atoms with Gasteiger partial charge in [0.25, 0.3) is 5.56 Å². The predicted octanol–water partition coefficient (Wildman–Crippen LogP) is 4.88. The lowest BCUT2D eigenvalue weighted by molar-refractivity contribution is -0.139. The van der Waals surface area contributed by atoms with Gasteiger partial charge in [0.2, 0.25) is 0 Å². The molecule has 0 bridgehead atoms. The second kappa shape index (κ2) is 10.1. The second-order valence-electron chi connectivity index (χ2n) is 7.33. The van der Waals surface area contributed by atoms with E-state index in [4.69, 9.17) is 32.7 Å². The van der Waals surface area contributed by atoms with Crippen LogP contribution in [0, 0.1) is 0 Å². The Morgan fingerprint density at radius 2 is 2.03 bits per heavy atom.